The molecule has 0 radical (unpaired) electrons. The molecule has 1 heterocycles. The largest absolute Gasteiger partial charge is 0.302 e. The molecule has 2 aromatic carbocycles. The molecule has 3 rings (SSSR count). The molecular formula is C24H30ClN3OS2. The fourth-order valence-electron chi connectivity index (χ4n) is 3.43. The highest BCUT2D eigenvalue weighted by molar-refractivity contribution is 7.99. The Morgan fingerprint density at radius 2 is 1.87 bits per heavy atom. The van der Waals surface area contributed by atoms with Gasteiger partial charge < -0.3 is 4.90 Å². The summed E-state index contributed by atoms with van der Waals surface area (Å²) in [7, 11) is 0. The van der Waals surface area contributed by atoms with Crippen molar-refractivity contribution in [1.82, 2.24) is 9.88 Å². The zero-order chi connectivity index (χ0) is 22.2. The van der Waals surface area contributed by atoms with E-state index >= 15 is 0 Å². The Balaban J connectivity index is 1.71. The fraction of sp³-hybridized carbons (Fsp3) is 0.417. The molecule has 0 bridgehead atoms. The number of hydrogen-bond donors (Lipinski definition) is 0. The summed E-state index contributed by atoms with van der Waals surface area (Å²) >= 11 is 9.59. The number of anilines is 1. The molecule has 4 nitrogen and oxygen atoms in total. The lowest BCUT2D eigenvalue weighted by Gasteiger charge is -2.24. The van der Waals surface area contributed by atoms with Crippen molar-refractivity contribution >= 4 is 56.0 Å². The number of benzene rings is 2. The summed E-state index contributed by atoms with van der Waals surface area (Å²) in [5.41, 5.74) is 1.98. The molecule has 0 aliphatic rings. The minimum absolute atomic E-state index is 0.142. The first-order valence-electron chi connectivity index (χ1n) is 10.8. The zero-order valence-corrected chi connectivity index (χ0v) is 20.8. The number of carbonyl (C=O) groups is 1. The van der Waals surface area contributed by atoms with E-state index in [1.54, 1.807) is 23.1 Å². The van der Waals surface area contributed by atoms with Crippen LogP contribution in [0.1, 0.15) is 32.3 Å². The van der Waals surface area contributed by atoms with Gasteiger partial charge in [-0.1, -0.05) is 55.0 Å². The van der Waals surface area contributed by atoms with Crippen LogP contribution in [0.2, 0.25) is 5.02 Å². The lowest BCUT2D eigenvalue weighted by atomic mass is 10.2. The van der Waals surface area contributed by atoms with Crippen LogP contribution in [0.25, 0.3) is 10.2 Å². The SMILES string of the molecule is CCN(CC)CCN(C(=O)CCCSc1ccccc1)c1nc2c(C)cc(Cl)cc2s1. The normalized spacial score (nSPS) is 11.4. The van der Waals surface area contributed by atoms with Crippen LogP contribution in [0.5, 0.6) is 0 Å². The van der Waals surface area contributed by atoms with Crippen LogP contribution in [0, 0.1) is 6.92 Å². The minimum atomic E-state index is 0.142. The Hall–Kier alpha value is -1.60. The number of aryl methyl sites for hydroxylation is 1. The van der Waals surface area contributed by atoms with Gasteiger partial charge in [-0.3, -0.25) is 9.69 Å². The molecule has 1 amide bonds. The summed E-state index contributed by atoms with van der Waals surface area (Å²) in [6, 6.07) is 14.2. The highest BCUT2D eigenvalue weighted by Gasteiger charge is 2.21. The zero-order valence-electron chi connectivity index (χ0n) is 18.4. The minimum Gasteiger partial charge on any atom is -0.302 e. The van der Waals surface area contributed by atoms with Gasteiger partial charge in [0.25, 0.3) is 0 Å². The first-order chi connectivity index (χ1) is 15.0. The molecule has 0 saturated carbocycles. The topological polar surface area (TPSA) is 36.4 Å². The standard InChI is InChI=1S/C24H30ClN3OS2/c1-4-27(5-2)13-14-28(22(29)12-9-15-30-20-10-7-6-8-11-20)24-26-23-18(3)16-19(25)17-21(23)31-24/h6-8,10-11,16-17H,4-5,9,12-15H2,1-3H3. The van der Waals surface area contributed by atoms with E-state index in [0.29, 0.717) is 18.0 Å². The molecule has 0 spiro atoms. The number of thiazole rings is 1. The number of aromatic nitrogens is 1. The number of hydrogen-bond acceptors (Lipinski definition) is 5. The van der Waals surface area contributed by atoms with Crippen LogP contribution in [0.3, 0.4) is 0 Å². The average Bonchev–Trinajstić information content (AvgIpc) is 3.19. The van der Waals surface area contributed by atoms with Crippen molar-refractivity contribution in [2.45, 2.75) is 38.5 Å². The van der Waals surface area contributed by atoms with E-state index in [2.05, 4.69) is 30.9 Å². The summed E-state index contributed by atoms with van der Waals surface area (Å²) < 4.78 is 1.03. The number of amides is 1. The molecule has 3 aromatic rings. The van der Waals surface area contributed by atoms with Gasteiger partial charge in [-0.05, 0) is 62.0 Å². The second kappa shape index (κ2) is 11.9. The quantitative estimate of drug-likeness (QED) is 0.234. The third-order valence-corrected chi connectivity index (χ3v) is 7.59. The van der Waals surface area contributed by atoms with E-state index in [0.717, 1.165) is 52.7 Å². The second-order valence-corrected chi connectivity index (χ2v) is 10.0. The molecule has 0 aliphatic carbocycles. The Kier molecular flexibility index (Phi) is 9.20. The molecule has 0 atom stereocenters. The third-order valence-electron chi connectivity index (χ3n) is 5.25. The van der Waals surface area contributed by atoms with Gasteiger partial charge in [-0.2, -0.15) is 0 Å². The molecule has 0 aliphatic heterocycles. The summed E-state index contributed by atoms with van der Waals surface area (Å²) in [6.07, 6.45) is 1.36. The van der Waals surface area contributed by atoms with Crippen LogP contribution in [-0.4, -0.2) is 47.7 Å². The van der Waals surface area contributed by atoms with Crippen LogP contribution in [0.15, 0.2) is 47.4 Å². The summed E-state index contributed by atoms with van der Waals surface area (Å²) in [5, 5.41) is 1.48. The summed E-state index contributed by atoms with van der Waals surface area (Å²) in [5.74, 6) is 1.07. The third kappa shape index (κ3) is 6.69. The van der Waals surface area contributed by atoms with Gasteiger partial charge in [0, 0.05) is 29.4 Å². The maximum atomic E-state index is 13.2. The van der Waals surface area contributed by atoms with Gasteiger partial charge in [-0.15, -0.1) is 11.8 Å². The van der Waals surface area contributed by atoms with Crippen LogP contribution < -0.4 is 4.90 Å². The van der Waals surface area contributed by atoms with E-state index in [9.17, 15) is 4.79 Å². The van der Waals surface area contributed by atoms with E-state index in [1.807, 2.05) is 42.2 Å². The first-order valence-corrected chi connectivity index (χ1v) is 13.0. The number of nitrogens with zero attached hydrogens (tertiary/aromatic N) is 3. The van der Waals surface area contributed by atoms with Gasteiger partial charge in [-0.25, -0.2) is 4.98 Å². The highest BCUT2D eigenvalue weighted by atomic mass is 35.5. The number of fused-ring (bicyclic) bond motifs is 1. The predicted octanol–water partition coefficient (Wildman–Crippen LogP) is 6.51. The van der Waals surface area contributed by atoms with E-state index in [-0.39, 0.29) is 5.91 Å². The van der Waals surface area contributed by atoms with Crippen LogP contribution >= 0.6 is 34.7 Å². The number of thioether (sulfide) groups is 1. The molecule has 0 fully saturated rings. The van der Waals surface area contributed by atoms with Gasteiger partial charge in [0.2, 0.25) is 5.91 Å². The Bertz CT molecular complexity index is 989. The molecule has 0 saturated heterocycles. The van der Waals surface area contributed by atoms with Crippen molar-refractivity contribution in [1.29, 1.82) is 0 Å². The highest BCUT2D eigenvalue weighted by Crippen LogP contribution is 2.33. The van der Waals surface area contributed by atoms with Crippen molar-refractivity contribution in [3.8, 4) is 0 Å². The Morgan fingerprint density at radius 3 is 2.58 bits per heavy atom. The molecular weight excluding hydrogens is 446 g/mol. The number of carbonyl (C=O) groups excluding carboxylic acids is 1. The molecule has 0 unspecified atom stereocenters. The lowest BCUT2D eigenvalue weighted by molar-refractivity contribution is -0.118. The second-order valence-electron chi connectivity index (χ2n) is 7.40. The summed E-state index contributed by atoms with van der Waals surface area (Å²) in [4.78, 5) is 23.5. The van der Waals surface area contributed by atoms with Crippen molar-refractivity contribution < 1.29 is 4.79 Å². The molecule has 31 heavy (non-hydrogen) atoms. The van der Waals surface area contributed by atoms with Gasteiger partial charge in [0.1, 0.15) is 0 Å². The van der Waals surface area contributed by atoms with Crippen molar-refractivity contribution in [2.24, 2.45) is 0 Å². The van der Waals surface area contributed by atoms with Gasteiger partial charge in [0.05, 0.1) is 10.2 Å². The molecule has 7 heteroatoms. The smallest absolute Gasteiger partial charge is 0.228 e. The van der Waals surface area contributed by atoms with Crippen molar-refractivity contribution in [2.75, 3.05) is 36.8 Å². The molecule has 0 N–H and O–H groups in total. The van der Waals surface area contributed by atoms with E-state index in [4.69, 9.17) is 16.6 Å². The molecule has 1 aromatic heterocycles. The Morgan fingerprint density at radius 1 is 1.13 bits per heavy atom. The number of likely N-dealkylation sites (N-methyl/N-ethyl adjacent to an activating group) is 1. The number of rotatable bonds is 11. The van der Waals surface area contributed by atoms with E-state index in [1.165, 1.54) is 4.90 Å². The number of halogens is 1. The Labute approximate surface area is 198 Å². The first kappa shape index (κ1) is 24.1. The van der Waals surface area contributed by atoms with Gasteiger partial charge >= 0.3 is 0 Å². The lowest BCUT2D eigenvalue weighted by Crippen LogP contribution is -2.38. The molecule has 166 valence electrons. The van der Waals surface area contributed by atoms with Crippen molar-refractivity contribution in [3.05, 3.63) is 53.1 Å². The van der Waals surface area contributed by atoms with Gasteiger partial charge in [0.15, 0.2) is 5.13 Å². The maximum Gasteiger partial charge on any atom is 0.228 e. The average molecular weight is 476 g/mol. The van der Waals surface area contributed by atoms with Crippen molar-refractivity contribution in [3.63, 3.8) is 0 Å². The van der Waals surface area contributed by atoms with E-state index < -0.39 is 0 Å². The monoisotopic (exact) mass is 475 g/mol. The fourth-order valence-corrected chi connectivity index (χ4v) is 5.77. The maximum absolute atomic E-state index is 13.2. The van der Waals surface area contributed by atoms with Crippen LogP contribution in [0.4, 0.5) is 5.13 Å². The predicted molar refractivity (Wildman–Crippen MR) is 136 cm³/mol. The van der Waals surface area contributed by atoms with Crippen LogP contribution in [-0.2, 0) is 4.79 Å². The summed E-state index contributed by atoms with van der Waals surface area (Å²) in [6.45, 7) is 9.76.